The van der Waals surface area contributed by atoms with E-state index in [0.717, 1.165) is 36.5 Å². The Morgan fingerprint density at radius 3 is 2.52 bits per heavy atom. The number of benzene rings is 2. The second-order valence-electron chi connectivity index (χ2n) is 6.76. The second kappa shape index (κ2) is 8.54. The van der Waals surface area contributed by atoms with E-state index in [1.54, 1.807) is 12.1 Å². The number of nitrogens with zero attached hydrogens (tertiary/aromatic N) is 1. The quantitative estimate of drug-likeness (QED) is 0.822. The Labute approximate surface area is 158 Å². The maximum Gasteiger partial charge on any atom is 0.308 e. The highest BCUT2D eigenvalue weighted by atomic mass is 16.5. The molecule has 6 nitrogen and oxygen atoms in total. The Balaban J connectivity index is 1.49. The number of amides is 1. The summed E-state index contributed by atoms with van der Waals surface area (Å²) < 4.78 is 10.4. The Morgan fingerprint density at radius 1 is 1.11 bits per heavy atom. The number of fused-ring (bicyclic) bond motifs is 1. The van der Waals surface area contributed by atoms with E-state index in [2.05, 4.69) is 11.4 Å². The molecule has 0 atom stereocenters. The van der Waals surface area contributed by atoms with Crippen molar-refractivity contribution in [3.63, 3.8) is 0 Å². The molecule has 0 bridgehead atoms. The van der Waals surface area contributed by atoms with Gasteiger partial charge in [-0.3, -0.25) is 9.59 Å². The van der Waals surface area contributed by atoms with Gasteiger partial charge in [0.1, 0.15) is 5.75 Å². The molecule has 1 aliphatic carbocycles. The van der Waals surface area contributed by atoms with Gasteiger partial charge in [-0.05, 0) is 60.7 Å². The molecule has 0 aromatic heterocycles. The fourth-order valence-corrected chi connectivity index (χ4v) is 3.44. The second-order valence-corrected chi connectivity index (χ2v) is 6.76. The van der Waals surface area contributed by atoms with E-state index in [1.807, 2.05) is 24.3 Å². The van der Waals surface area contributed by atoms with Crippen molar-refractivity contribution in [1.82, 2.24) is 5.32 Å². The summed E-state index contributed by atoms with van der Waals surface area (Å²) in [6, 6.07) is 13.1. The molecular formula is C21H22N2O4. The number of carbonyl (C=O) groups is 2. The summed E-state index contributed by atoms with van der Waals surface area (Å²) in [6.07, 6.45) is 2.99. The molecular weight excluding hydrogens is 344 g/mol. The number of rotatable bonds is 5. The zero-order chi connectivity index (χ0) is 19.2. The first-order chi connectivity index (χ1) is 13.1. The number of ether oxygens (including phenoxy) is 2. The third-order valence-corrected chi connectivity index (χ3v) is 4.94. The molecule has 0 spiro atoms. The van der Waals surface area contributed by atoms with Crippen LogP contribution in [0.3, 0.4) is 0 Å². The monoisotopic (exact) mass is 366 g/mol. The lowest BCUT2D eigenvalue weighted by atomic mass is 9.86. The molecule has 6 heteroatoms. The van der Waals surface area contributed by atoms with Crippen LogP contribution in [0, 0.1) is 17.2 Å². The number of nitriles is 1. The van der Waals surface area contributed by atoms with Crippen molar-refractivity contribution in [2.45, 2.75) is 31.7 Å². The highest BCUT2D eigenvalue weighted by Crippen LogP contribution is 2.25. The van der Waals surface area contributed by atoms with Crippen LogP contribution in [0.15, 0.2) is 36.4 Å². The van der Waals surface area contributed by atoms with E-state index < -0.39 is 0 Å². The van der Waals surface area contributed by atoms with Gasteiger partial charge >= 0.3 is 5.97 Å². The lowest BCUT2D eigenvalue weighted by Gasteiger charge is -2.27. The van der Waals surface area contributed by atoms with E-state index in [0.29, 0.717) is 11.3 Å². The van der Waals surface area contributed by atoms with E-state index in [-0.39, 0.29) is 30.4 Å². The smallest absolute Gasteiger partial charge is 0.308 e. The molecule has 2 aromatic carbocycles. The SMILES string of the molecule is COC(=O)C1CCC(NC(=O)COc2ccc3cc(C#N)ccc3c2)CC1. The van der Waals surface area contributed by atoms with Crippen molar-refractivity contribution in [3.05, 3.63) is 42.0 Å². The van der Waals surface area contributed by atoms with Crippen molar-refractivity contribution in [2.75, 3.05) is 13.7 Å². The summed E-state index contributed by atoms with van der Waals surface area (Å²) >= 11 is 0. The van der Waals surface area contributed by atoms with Crippen LogP contribution in [0.1, 0.15) is 31.2 Å². The van der Waals surface area contributed by atoms with E-state index >= 15 is 0 Å². The molecule has 140 valence electrons. The van der Waals surface area contributed by atoms with Crippen molar-refractivity contribution >= 4 is 22.6 Å². The summed E-state index contributed by atoms with van der Waals surface area (Å²) in [5, 5.41) is 13.8. The molecule has 1 N–H and O–H groups in total. The topological polar surface area (TPSA) is 88.4 Å². The molecule has 27 heavy (non-hydrogen) atoms. The number of hydrogen-bond acceptors (Lipinski definition) is 5. The standard InChI is InChI=1S/C21H22N2O4/c1-26-21(25)15-4-7-18(8-5-15)23-20(24)13-27-19-9-6-16-10-14(12-22)2-3-17(16)11-19/h2-3,6,9-11,15,18H,4-5,7-8,13H2,1H3,(H,23,24). The molecule has 1 aliphatic rings. The largest absolute Gasteiger partial charge is 0.484 e. The molecule has 0 unspecified atom stereocenters. The highest BCUT2D eigenvalue weighted by Gasteiger charge is 2.27. The van der Waals surface area contributed by atoms with E-state index in [1.165, 1.54) is 7.11 Å². The van der Waals surface area contributed by atoms with Crippen molar-refractivity contribution in [1.29, 1.82) is 5.26 Å². The minimum absolute atomic E-state index is 0.0568. The van der Waals surface area contributed by atoms with Gasteiger partial charge in [-0.15, -0.1) is 0 Å². The number of carbonyl (C=O) groups excluding carboxylic acids is 2. The summed E-state index contributed by atoms with van der Waals surface area (Å²) in [5.74, 6) is 0.216. The van der Waals surface area contributed by atoms with Crippen LogP contribution in [-0.4, -0.2) is 31.6 Å². The van der Waals surface area contributed by atoms with Gasteiger partial charge in [0.05, 0.1) is 24.7 Å². The fourth-order valence-electron chi connectivity index (χ4n) is 3.44. The molecule has 3 rings (SSSR count). The minimum Gasteiger partial charge on any atom is -0.484 e. The van der Waals surface area contributed by atoms with Crippen LogP contribution >= 0.6 is 0 Å². The maximum absolute atomic E-state index is 12.1. The number of esters is 1. The predicted octanol–water partition coefficient (Wildman–Crippen LogP) is 2.94. The minimum atomic E-state index is -0.170. The van der Waals surface area contributed by atoms with Crippen LogP contribution in [0.25, 0.3) is 10.8 Å². The molecule has 0 heterocycles. The highest BCUT2D eigenvalue weighted by molar-refractivity contribution is 5.85. The van der Waals surface area contributed by atoms with E-state index in [9.17, 15) is 9.59 Å². The molecule has 0 saturated heterocycles. The van der Waals surface area contributed by atoms with Crippen LogP contribution in [-0.2, 0) is 14.3 Å². The lowest BCUT2D eigenvalue weighted by Crippen LogP contribution is -2.41. The normalized spacial score (nSPS) is 19.1. The van der Waals surface area contributed by atoms with Crippen molar-refractivity contribution in [3.8, 4) is 11.8 Å². The van der Waals surface area contributed by atoms with Crippen LogP contribution in [0.2, 0.25) is 0 Å². The fraction of sp³-hybridized carbons (Fsp3) is 0.381. The van der Waals surface area contributed by atoms with Crippen LogP contribution < -0.4 is 10.1 Å². The van der Waals surface area contributed by atoms with Gasteiger partial charge in [0, 0.05) is 6.04 Å². The average Bonchev–Trinajstić information content (AvgIpc) is 2.71. The molecule has 0 radical (unpaired) electrons. The Kier molecular flexibility index (Phi) is 5.92. The summed E-state index contributed by atoms with van der Waals surface area (Å²) in [4.78, 5) is 23.7. The van der Waals surface area contributed by atoms with Crippen LogP contribution in [0.5, 0.6) is 5.75 Å². The van der Waals surface area contributed by atoms with Gasteiger partial charge in [-0.2, -0.15) is 5.26 Å². The summed E-state index contributed by atoms with van der Waals surface area (Å²) in [6.45, 7) is -0.0568. The Morgan fingerprint density at radius 2 is 1.81 bits per heavy atom. The first kappa shape index (κ1) is 18.7. The van der Waals surface area contributed by atoms with Gasteiger partial charge in [0.15, 0.2) is 6.61 Å². The maximum atomic E-state index is 12.1. The molecule has 1 fully saturated rings. The first-order valence-electron chi connectivity index (χ1n) is 9.03. The number of methoxy groups -OCH3 is 1. The summed E-state index contributed by atoms with van der Waals surface area (Å²) in [7, 11) is 1.41. The van der Waals surface area contributed by atoms with Gasteiger partial charge in [-0.25, -0.2) is 0 Å². The van der Waals surface area contributed by atoms with Gasteiger partial charge in [-0.1, -0.05) is 12.1 Å². The van der Waals surface area contributed by atoms with Crippen molar-refractivity contribution < 1.29 is 19.1 Å². The van der Waals surface area contributed by atoms with Gasteiger partial charge < -0.3 is 14.8 Å². The Bertz CT molecular complexity index is 879. The molecule has 2 aromatic rings. The zero-order valence-electron chi connectivity index (χ0n) is 15.2. The molecule has 0 aliphatic heterocycles. The first-order valence-corrected chi connectivity index (χ1v) is 9.03. The van der Waals surface area contributed by atoms with Gasteiger partial charge in [0.25, 0.3) is 5.91 Å². The molecule has 1 amide bonds. The average molecular weight is 366 g/mol. The zero-order valence-corrected chi connectivity index (χ0v) is 15.2. The molecule has 1 saturated carbocycles. The number of nitrogens with one attached hydrogen (secondary N) is 1. The number of hydrogen-bond donors (Lipinski definition) is 1. The van der Waals surface area contributed by atoms with Gasteiger partial charge in [0.2, 0.25) is 0 Å². The lowest BCUT2D eigenvalue weighted by molar-refractivity contribution is -0.146. The third-order valence-electron chi connectivity index (χ3n) is 4.94. The van der Waals surface area contributed by atoms with Crippen molar-refractivity contribution in [2.24, 2.45) is 5.92 Å². The van der Waals surface area contributed by atoms with Crippen LogP contribution in [0.4, 0.5) is 0 Å². The summed E-state index contributed by atoms with van der Waals surface area (Å²) in [5.41, 5.74) is 0.609. The third kappa shape index (κ3) is 4.76. The van der Waals surface area contributed by atoms with E-state index in [4.69, 9.17) is 14.7 Å². The Hall–Kier alpha value is -3.07. The predicted molar refractivity (Wildman–Crippen MR) is 100 cm³/mol.